The van der Waals surface area contributed by atoms with Crippen molar-refractivity contribution in [1.29, 1.82) is 0 Å². The number of carboxylic acid groups (broad SMARTS) is 3. The normalized spacial score (nSPS) is 15.3. The highest BCUT2D eigenvalue weighted by Crippen LogP contribution is 2.20. The zero-order valence-electron chi connectivity index (χ0n) is 22.7. The number of rotatable bonds is 11. The molecule has 0 bridgehead atoms. The molecule has 1 saturated heterocycles. The van der Waals surface area contributed by atoms with Crippen LogP contribution in [0.5, 0.6) is 0 Å². The Kier molecular flexibility index (Phi) is 9.90. The molecular weight excluding hydrogens is 526 g/mol. The van der Waals surface area contributed by atoms with E-state index >= 15 is 0 Å². The molecule has 1 fully saturated rings. The Labute approximate surface area is 229 Å². The minimum absolute atomic E-state index is 0.00409. The summed E-state index contributed by atoms with van der Waals surface area (Å²) < 4.78 is 15.0. The lowest BCUT2D eigenvalue weighted by Gasteiger charge is -2.24. The van der Waals surface area contributed by atoms with Gasteiger partial charge in [0.2, 0.25) is 0 Å². The number of hydrogen-bond donors (Lipinski definition) is 4. The average Bonchev–Trinajstić information content (AvgIpc) is 3.57. The number of carboxylic acids is 3. The number of aliphatic hydroxyl groups is 1. The van der Waals surface area contributed by atoms with Gasteiger partial charge in [0.05, 0.1) is 36.5 Å². The van der Waals surface area contributed by atoms with E-state index in [0.717, 1.165) is 61.6 Å². The summed E-state index contributed by atoms with van der Waals surface area (Å²) in [5, 5.41) is 33.8. The van der Waals surface area contributed by atoms with Gasteiger partial charge in [-0.25, -0.2) is 9.59 Å². The fourth-order valence-electron chi connectivity index (χ4n) is 4.67. The van der Waals surface area contributed by atoms with Crippen LogP contribution in [0.25, 0.3) is 11.0 Å². The van der Waals surface area contributed by atoms with Crippen LogP contribution in [0, 0.1) is 6.92 Å². The second-order valence-corrected chi connectivity index (χ2v) is 10.0. The smallest absolute Gasteiger partial charge is 0.336 e. The fourth-order valence-corrected chi connectivity index (χ4v) is 4.67. The van der Waals surface area contributed by atoms with Gasteiger partial charge in [0.25, 0.3) is 0 Å². The number of carbonyl (C=O) groups is 3. The van der Waals surface area contributed by atoms with Crippen LogP contribution in [0.4, 0.5) is 0 Å². The highest BCUT2D eigenvalue weighted by molar-refractivity contribution is 5.88. The average molecular weight is 562 g/mol. The third-order valence-corrected chi connectivity index (χ3v) is 6.69. The maximum Gasteiger partial charge on any atom is 0.336 e. The summed E-state index contributed by atoms with van der Waals surface area (Å²) in [4.78, 5) is 45.0. The first kappa shape index (κ1) is 30.6. The van der Waals surface area contributed by atoms with Gasteiger partial charge >= 0.3 is 23.6 Å². The number of aromatic nitrogens is 2. The van der Waals surface area contributed by atoms with Crippen molar-refractivity contribution in [2.75, 3.05) is 13.2 Å². The van der Waals surface area contributed by atoms with Crippen LogP contribution in [0.2, 0.25) is 0 Å². The van der Waals surface area contributed by atoms with E-state index in [2.05, 4.69) is 17.0 Å². The van der Waals surface area contributed by atoms with Crippen LogP contribution in [-0.4, -0.2) is 77.2 Å². The van der Waals surface area contributed by atoms with E-state index in [1.54, 1.807) is 9.13 Å². The summed E-state index contributed by atoms with van der Waals surface area (Å²) in [6.45, 7) is 5.25. The van der Waals surface area contributed by atoms with Crippen molar-refractivity contribution >= 4 is 28.9 Å². The molecule has 0 saturated carbocycles. The molecule has 3 aromatic rings. The molecule has 1 aliphatic heterocycles. The van der Waals surface area contributed by atoms with Gasteiger partial charge in [-0.2, -0.15) is 0 Å². The van der Waals surface area contributed by atoms with Crippen molar-refractivity contribution in [1.82, 2.24) is 14.0 Å². The molecule has 0 aliphatic carbocycles. The molecule has 0 spiro atoms. The maximum atomic E-state index is 12.2. The second-order valence-electron chi connectivity index (χ2n) is 10.0. The van der Waals surface area contributed by atoms with Crippen LogP contribution in [0.3, 0.4) is 0 Å². The predicted molar refractivity (Wildman–Crippen MR) is 142 cm³/mol. The number of nitrogens with zero attached hydrogens (tertiary/aromatic N) is 3. The Morgan fingerprint density at radius 1 is 1.00 bits per heavy atom. The van der Waals surface area contributed by atoms with Crippen molar-refractivity contribution in [3.05, 3.63) is 57.9 Å². The molecule has 4 rings (SSSR count). The van der Waals surface area contributed by atoms with E-state index < -0.39 is 36.4 Å². The molecule has 1 aromatic carbocycles. The van der Waals surface area contributed by atoms with Crippen LogP contribution in [0.1, 0.15) is 42.8 Å². The van der Waals surface area contributed by atoms with Crippen LogP contribution < -0.4 is 5.69 Å². The molecule has 218 valence electrons. The second kappa shape index (κ2) is 12.9. The lowest BCUT2D eigenvalue weighted by Crippen LogP contribution is -2.42. The van der Waals surface area contributed by atoms with E-state index in [-0.39, 0.29) is 11.8 Å². The van der Waals surface area contributed by atoms with Gasteiger partial charge in [0, 0.05) is 33.8 Å². The molecule has 3 heterocycles. The maximum absolute atomic E-state index is 12.2. The molecule has 1 unspecified atom stereocenters. The van der Waals surface area contributed by atoms with E-state index in [9.17, 15) is 19.2 Å². The number of fused-ring (bicyclic) bond motifs is 1. The monoisotopic (exact) mass is 561 g/mol. The number of furan rings is 1. The number of imidazole rings is 1. The summed E-state index contributed by atoms with van der Waals surface area (Å²) >= 11 is 0. The summed E-state index contributed by atoms with van der Waals surface area (Å²) in [7, 11) is 3.64. The standard InChI is InChI=1S/C21H27N3O3.C6H8O7/c1-15-6-8-18(27-15)14-24(13-17-5-4-10-26-17)12-16-7-9-19-20(11-16)23(3)21(25)22(19)2;7-3(8)1-6(13,5(11)12)2-4(9)10/h6-9,11,17H,4-5,10,12-14H2,1-3H3;13H,1-2H2,(H,7,8)(H,9,10)(H,11,12). The summed E-state index contributed by atoms with van der Waals surface area (Å²) in [5.74, 6) is -3.11. The van der Waals surface area contributed by atoms with Gasteiger partial charge in [-0.1, -0.05) is 6.07 Å². The number of aryl methyl sites for hydroxylation is 3. The van der Waals surface area contributed by atoms with E-state index in [0.29, 0.717) is 0 Å². The van der Waals surface area contributed by atoms with Gasteiger partial charge in [0.15, 0.2) is 5.60 Å². The minimum atomic E-state index is -2.74. The number of hydrogen-bond acceptors (Lipinski definition) is 8. The molecule has 0 radical (unpaired) electrons. The zero-order chi connectivity index (χ0) is 29.6. The third kappa shape index (κ3) is 7.81. The number of benzene rings is 1. The van der Waals surface area contributed by atoms with E-state index in [1.165, 1.54) is 5.56 Å². The lowest BCUT2D eigenvalue weighted by atomic mass is 9.96. The third-order valence-electron chi connectivity index (χ3n) is 6.69. The van der Waals surface area contributed by atoms with Crippen LogP contribution in [-0.2, 0) is 46.3 Å². The van der Waals surface area contributed by atoms with Crippen molar-refractivity contribution in [2.45, 2.75) is 57.4 Å². The largest absolute Gasteiger partial charge is 0.481 e. The quantitative estimate of drug-likeness (QED) is 0.267. The van der Waals surface area contributed by atoms with Crippen molar-refractivity contribution in [3.63, 3.8) is 0 Å². The first-order valence-electron chi connectivity index (χ1n) is 12.7. The van der Waals surface area contributed by atoms with Crippen molar-refractivity contribution in [3.8, 4) is 0 Å². The topological polar surface area (TPSA) is 185 Å². The Morgan fingerprint density at radius 3 is 2.17 bits per heavy atom. The molecule has 4 N–H and O–H groups in total. The number of ether oxygens (including phenoxy) is 1. The first-order valence-corrected chi connectivity index (χ1v) is 12.7. The molecule has 1 atom stereocenters. The Hall–Kier alpha value is -3.94. The van der Waals surface area contributed by atoms with Crippen molar-refractivity contribution in [2.24, 2.45) is 14.1 Å². The molecule has 13 heteroatoms. The first-order chi connectivity index (χ1) is 18.8. The summed E-state index contributed by atoms with van der Waals surface area (Å²) in [5.41, 5.74) is 0.372. The molecule has 0 amide bonds. The van der Waals surface area contributed by atoms with Crippen LogP contribution in [0.15, 0.2) is 39.5 Å². The lowest BCUT2D eigenvalue weighted by molar-refractivity contribution is -0.170. The molecule has 40 heavy (non-hydrogen) atoms. The number of aliphatic carboxylic acids is 3. The zero-order valence-corrected chi connectivity index (χ0v) is 22.7. The van der Waals surface area contributed by atoms with Gasteiger partial charge < -0.3 is 29.6 Å². The Morgan fingerprint density at radius 2 is 1.65 bits per heavy atom. The predicted octanol–water partition coefficient (Wildman–Crippen LogP) is 1.71. The van der Waals surface area contributed by atoms with Gasteiger partial charge in [0.1, 0.15) is 11.5 Å². The molecule has 1 aliphatic rings. The SMILES string of the molecule is Cc1ccc(CN(Cc2ccc3c(c2)n(C)c(=O)n3C)CC2CCCO2)o1.O=C(O)CC(O)(CC(=O)O)C(=O)O. The molecular formula is C27H35N3O10. The minimum Gasteiger partial charge on any atom is -0.481 e. The molecule has 13 nitrogen and oxygen atoms in total. The summed E-state index contributed by atoms with van der Waals surface area (Å²) in [6, 6.07) is 10.3. The van der Waals surface area contributed by atoms with Crippen LogP contribution >= 0.6 is 0 Å². The highest BCUT2D eigenvalue weighted by atomic mass is 16.5. The van der Waals surface area contributed by atoms with Crippen molar-refractivity contribution < 1.29 is 44.0 Å². The van der Waals surface area contributed by atoms with E-state index in [4.69, 9.17) is 29.6 Å². The van der Waals surface area contributed by atoms with E-state index in [1.807, 2.05) is 39.2 Å². The van der Waals surface area contributed by atoms with Gasteiger partial charge in [-0.3, -0.25) is 23.6 Å². The van der Waals surface area contributed by atoms with Gasteiger partial charge in [-0.15, -0.1) is 0 Å². The molecule has 2 aromatic heterocycles. The Bertz CT molecular complexity index is 1400. The van der Waals surface area contributed by atoms with Gasteiger partial charge in [-0.05, 0) is 49.6 Å². The highest BCUT2D eigenvalue weighted by Gasteiger charge is 2.40. The Balaban J connectivity index is 0.000000289. The summed E-state index contributed by atoms with van der Waals surface area (Å²) in [6.07, 6.45) is 0.241. The fraction of sp³-hybridized carbons (Fsp3) is 0.481.